The minimum Gasteiger partial charge on any atom is -0.790 e. The van der Waals surface area contributed by atoms with E-state index in [9.17, 15) is 44.2 Å². The minimum absolute atomic E-state index is 0.0275. The minimum atomic E-state index is -5.82. The highest BCUT2D eigenvalue weighted by Gasteiger charge is 2.51. The first kappa shape index (κ1) is 63.0. The third-order valence-corrected chi connectivity index (χ3v) is 15.0. The van der Waals surface area contributed by atoms with Crippen LogP contribution in [-0.2, 0) is 32.2 Å². The Hall–Kier alpha value is -0.0200. The molecule has 14 atom stereocenters. The van der Waals surface area contributed by atoms with Gasteiger partial charge in [0, 0.05) is 13.2 Å². The van der Waals surface area contributed by atoms with Gasteiger partial charge in [-0.05, 0) is 60.2 Å². The average Bonchev–Trinajstić information content (AvgIpc) is 3.20. The van der Waals surface area contributed by atoms with Crippen LogP contribution in [0.25, 0.3) is 0 Å². The van der Waals surface area contributed by atoms with Crippen molar-refractivity contribution in [1.29, 1.82) is 0 Å². The summed E-state index contributed by atoms with van der Waals surface area (Å²) in [4.78, 5) is 35.5. The predicted molar refractivity (Wildman–Crippen MR) is 252 cm³/mol. The third kappa shape index (κ3) is 31.0. The maximum Gasteiger partial charge on any atom is 0.268 e. The van der Waals surface area contributed by atoms with Crippen molar-refractivity contribution < 1.29 is 67.3 Å². The smallest absolute Gasteiger partial charge is 0.268 e. The highest BCUT2D eigenvalue weighted by atomic mass is 31.2. The number of aliphatic hydroxyl groups excluding tert-OH is 4. The number of aliphatic hydroxyl groups is 4. The Bertz CT molecular complexity index is 1270. The van der Waals surface area contributed by atoms with E-state index in [0.29, 0.717) is 36.9 Å². The van der Waals surface area contributed by atoms with Gasteiger partial charge in [-0.2, -0.15) is 0 Å². The molecule has 0 aromatic carbocycles. The van der Waals surface area contributed by atoms with E-state index in [1.807, 2.05) is 0 Å². The van der Waals surface area contributed by atoms with Crippen LogP contribution in [0.5, 0.6) is 0 Å². The van der Waals surface area contributed by atoms with E-state index in [0.717, 1.165) is 62.2 Å². The summed E-state index contributed by atoms with van der Waals surface area (Å²) in [5.41, 5.74) is 0. The molecule has 0 aromatic rings. The standard InChI is InChI=1S/C49H100O14P2/c1-35(2)17-11-19-37(5)21-13-23-39(7)25-15-27-41(9)29-31-59-33-43(60-32-30-42(10)28-16-26-40(8)24-14-22-38(6)20-12-18-36(3)4)34-61-65(57,58)63-49-46(52)44(50)45(51)48(47(49)53)62-64(54,55)56/h35-53H,11-34H2,1-10H3,(H,57,58)(H2,54,55,56)/p-3/t37-,38-,39-,40-,41-,42-,43+,44+,45+,46-,47-,48-,49+/m1/s1. The van der Waals surface area contributed by atoms with Crippen molar-refractivity contribution in [1.82, 2.24) is 0 Å². The number of ether oxygens (including phenoxy) is 2. The molecule has 0 spiro atoms. The van der Waals surface area contributed by atoms with E-state index in [-0.39, 0.29) is 6.61 Å². The van der Waals surface area contributed by atoms with Gasteiger partial charge in [-0.25, -0.2) is 0 Å². The van der Waals surface area contributed by atoms with Crippen molar-refractivity contribution in [2.24, 2.45) is 47.3 Å². The molecule has 390 valence electrons. The molecule has 14 nitrogen and oxygen atoms in total. The number of rotatable bonds is 40. The SMILES string of the molecule is CC(C)CCC[C@@H](C)CCC[C@@H](C)CCC[C@@H](C)CCOC[C@@H](COP(=O)([O-])O[C@@H]1[C@H](O)[C@H](OP(=O)([O-])[O-])[C@@H](O)[C@H](O)[C@H]1O)OCC[C@H](C)CCC[C@H](C)CCC[C@H](C)CCCC(C)C. The molecule has 0 radical (unpaired) electrons. The van der Waals surface area contributed by atoms with Crippen molar-refractivity contribution in [3.8, 4) is 0 Å². The molecule has 1 rings (SSSR count). The quantitative estimate of drug-likeness (QED) is 0.0332. The fourth-order valence-corrected chi connectivity index (χ4v) is 10.4. The van der Waals surface area contributed by atoms with E-state index < -0.39 is 65.0 Å². The molecule has 65 heavy (non-hydrogen) atoms. The average molecular weight is 972 g/mol. The van der Waals surface area contributed by atoms with Gasteiger partial charge in [0.05, 0.1) is 21.0 Å². The molecule has 0 bridgehead atoms. The van der Waals surface area contributed by atoms with Crippen LogP contribution in [0.3, 0.4) is 0 Å². The molecule has 4 N–H and O–H groups in total. The molecule has 0 aromatic heterocycles. The highest BCUT2D eigenvalue weighted by molar-refractivity contribution is 7.45. The van der Waals surface area contributed by atoms with Gasteiger partial charge in [-0.1, -0.05) is 185 Å². The zero-order valence-corrected chi connectivity index (χ0v) is 44.2. The molecule has 1 saturated carbocycles. The Labute approximate surface area is 395 Å². The predicted octanol–water partition coefficient (Wildman–Crippen LogP) is 8.86. The molecule has 16 heteroatoms. The molecule has 0 heterocycles. The molecular weight excluding hydrogens is 874 g/mol. The molecule has 1 aliphatic rings. The molecule has 1 unspecified atom stereocenters. The zero-order chi connectivity index (χ0) is 49.2. The van der Waals surface area contributed by atoms with Gasteiger partial charge in [-0.15, -0.1) is 0 Å². The van der Waals surface area contributed by atoms with Crippen LogP contribution in [0, 0.1) is 47.3 Å². The van der Waals surface area contributed by atoms with Crippen LogP contribution in [-0.4, -0.2) is 89.6 Å². The summed E-state index contributed by atoms with van der Waals surface area (Å²) in [5, 5.41) is 41.3. The number of hydrogen-bond acceptors (Lipinski definition) is 14. The molecule has 1 aliphatic carbocycles. The van der Waals surface area contributed by atoms with E-state index in [4.69, 9.17) is 18.5 Å². The van der Waals surface area contributed by atoms with Gasteiger partial charge in [0.25, 0.3) is 7.82 Å². The van der Waals surface area contributed by atoms with Crippen molar-refractivity contribution in [3.05, 3.63) is 0 Å². The largest absolute Gasteiger partial charge is 0.790 e. The number of phosphoric ester groups is 2. The van der Waals surface area contributed by atoms with Crippen LogP contribution in [0.15, 0.2) is 0 Å². The Morgan fingerprint density at radius 1 is 0.431 bits per heavy atom. The van der Waals surface area contributed by atoms with Crippen LogP contribution in [0.1, 0.15) is 198 Å². The topological polar surface area (TPSA) is 230 Å². The lowest BCUT2D eigenvalue weighted by molar-refractivity contribution is -0.353. The highest BCUT2D eigenvalue weighted by Crippen LogP contribution is 2.45. The lowest BCUT2D eigenvalue weighted by Gasteiger charge is -2.47. The van der Waals surface area contributed by atoms with Gasteiger partial charge in [0.1, 0.15) is 42.7 Å². The van der Waals surface area contributed by atoms with Crippen LogP contribution < -0.4 is 14.7 Å². The first-order chi connectivity index (χ1) is 30.4. The fraction of sp³-hybridized carbons (Fsp3) is 1.00. The van der Waals surface area contributed by atoms with Crippen molar-refractivity contribution >= 4 is 15.6 Å². The molecular formula is C49H97O14P2-3. The third-order valence-electron chi connectivity index (χ3n) is 13.5. The summed E-state index contributed by atoms with van der Waals surface area (Å²) < 4.78 is 50.5. The Morgan fingerprint density at radius 2 is 0.769 bits per heavy atom. The van der Waals surface area contributed by atoms with Crippen LogP contribution in [0.2, 0.25) is 0 Å². The van der Waals surface area contributed by atoms with Crippen LogP contribution in [0.4, 0.5) is 0 Å². The molecule has 0 aliphatic heterocycles. The van der Waals surface area contributed by atoms with Gasteiger partial charge < -0.3 is 62.7 Å². The van der Waals surface area contributed by atoms with Gasteiger partial charge >= 0.3 is 0 Å². The van der Waals surface area contributed by atoms with Crippen LogP contribution >= 0.6 is 15.6 Å². The lowest BCUT2D eigenvalue weighted by Crippen LogP contribution is -2.65. The lowest BCUT2D eigenvalue weighted by atomic mass is 9.85. The van der Waals surface area contributed by atoms with E-state index in [2.05, 4.69) is 73.8 Å². The molecule has 0 saturated heterocycles. The summed E-state index contributed by atoms with van der Waals surface area (Å²) in [6.45, 7) is 23.2. The van der Waals surface area contributed by atoms with Crippen molar-refractivity contribution in [2.75, 3.05) is 26.4 Å². The normalized spacial score (nSPS) is 25.0. The maximum absolute atomic E-state index is 13.0. The summed E-state index contributed by atoms with van der Waals surface area (Å²) in [6, 6.07) is 0. The summed E-state index contributed by atoms with van der Waals surface area (Å²) in [6.07, 6.45) is 9.51. The second-order valence-corrected chi connectivity index (χ2v) is 23.9. The first-order valence-corrected chi connectivity index (χ1v) is 28.6. The van der Waals surface area contributed by atoms with E-state index >= 15 is 0 Å². The summed E-state index contributed by atoms with van der Waals surface area (Å²) in [7, 11) is -11.2. The fourth-order valence-electron chi connectivity index (χ4n) is 8.89. The summed E-state index contributed by atoms with van der Waals surface area (Å²) in [5.74, 6) is 5.30. The number of hydrogen-bond donors (Lipinski definition) is 4. The first-order valence-electron chi connectivity index (χ1n) is 25.7. The Morgan fingerprint density at radius 3 is 1.14 bits per heavy atom. The Balaban J connectivity index is 2.67. The van der Waals surface area contributed by atoms with Crippen molar-refractivity contribution in [2.45, 2.75) is 240 Å². The monoisotopic (exact) mass is 972 g/mol. The summed E-state index contributed by atoms with van der Waals surface area (Å²) >= 11 is 0. The second kappa shape index (κ2) is 34.3. The van der Waals surface area contributed by atoms with E-state index in [1.54, 1.807) is 0 Å². The van der Waals surface area contributed by atoms with E-state index in [1.165, 1.54) is 89.9 Å². The Kier molecular flexibility index (Phi) is 33.3. The number of phosphoric acid groups is 2. The van der Waals surface area contributed by atoms with Gasteiger partial charge in [-0.3, -0.25) is 4.57 Å². The second-order valence-electron chi connectivity index (χ2n) is 21.4. The zero-order valence-electron chi connectivity index (χ0n) is 42.4. The molecule has 0 amide bonds. The molecule has 1 fully saturated rings. The maximum atomic E-state index is 13.0. The van der Waals surface area contributed by atoms with Crippen molar-refractivity contribution in [3.63, 3.8) is 0 Å². The van der Waals surface area contributed by atoms with Gasteiger partial charge in [0.15, 0.2) is 0 Å². The van der Waals surface area contributed by atoms with Gasteiger partial charge in [0.2, 0.25) is 0 Å².